The second-order valence-corrected chi connectivity index (χ2v) is 11.7. The Labute approximate surface area is 250 Å². The molecule has 0 radical (unpaired) electrons. The van der Waals surface area contributed by atoms with Gasteiger partial charge in [0.2, 0.25) is 0 Å². The number of imidazole rings is 1. The number of anilines is 2. The summed E-state index contributed by atoms with van der Waals surface area (Å²) in [6.45, 7) is 1.46. The molecule has 6 rings (SSSR count). The summed E-state index contributed by atoms with van der Waals surface area (Å²) in [5.74, 6) is 0.0801. The van der Waals surface area contributed by atoms with Gasteiger partial charge in [0, 0.05) is 42.3 Å². The molecule has 0 bridgehead atoms. The molecule has 0 aliphatic rings. The maximum atomic E-state index is 13.6. The molecule has 0 aliphatic carbocycles. The summed E-state index contributed by atoms with van der Waals surface area (Å²) in [4.78, 5) is 41.4. The van der Waals surface area contributed by atoms with E-state index in [-0.39, 0.29) is 11.8 Å². The molecule has 6 aromatic rings. The molecule has 3 N–H and O–H groups in total. The van der Waals surface area contributed by atoms with Gasteiger partial charge in [-0.15, -0.1) is 11.3 Å². The maximum Gasteiger partial charge on any atom is 0.272 e. The predicted molar refractivity (Wildman–Crippen MR) is 169 cm³/mol. The molecule has 0 saturated heterocycles. The van der Waals surface area contributed by atoms with E-state index in [0.29, 0.717) is 39.3 Å². The van der Waals surface area contributed by atoms with E-state index >= 15 is 0 Å². The highest BCUT2D eigenvalue weighted by Crippen LogP contribution is 2.35. The van der Waals surface area contributed by atoms with Crippen LogP contribution in [0.1, 0.15) is 26.6 Å². The third-order valence-corrected chi connectivity index (χ3v) is 8.60. The average Bonchev–Trinajstić information content (AvgIpc) is 3.73. The minimum absolute atomic E-state index is 0.286. The topological polar surface area (TPSA) is 113 Å². The Morgan fingerprint density at radius 2 is 1.86 bits per heavy atom. The van der Waals surface area contributed by atoms with Gasteiger partial charge in [0.25, 0.3) is 11.8 Å². The van der Waals surface area contributed by atoms with Gasteiger partial charge in [-0.3, -0.25) is 14.6 Å². The number of carbonyl (C=O) groups excluding carboxylic acids is 2. The molecule has 0 unspecified atom stereocenters. The number of aryl methyl sites for hydroxylation is 2. The molecule has 12 heteroatoms. The summed E-state index contributed by atoms with van der Waals surface area (Å²) in [5, 5.41) is 7.22. The molecule has 0 aliphatic heterocycles. The number of carbonyl (C=O) groups is 2. The fourth-order valence-corrected chi connectivity index (χ4v) is 6.31. The SMILES string of the molecule is CN(C)CCCn1cc(NC(=O)c2sc3ccccc3c2Cl)cc1C(=O)Nc1cc(-c2nc3ccncc3[nH]2)n(C)c1. The Hall–Kier alpha value is -4.45. The number of aromatic amines is 1. The van der Waals surface area contributed by atoms with Crippen LogP contribution in [0, 0.1) is 0 Å². The van der Waals surface area contributed by atoms with E-state index in [4.69, 9.17) is 11.6 Å². The molecular weight excluding hydrogens is 572 g/mol. The first-order chi connectivity index (χ1) is 20.3. The van der Waals surface area contributed by atoms with Crippen LogP contribution >= 0.6 is 22.9 Å². The third kappa shape index (κ3) is 5.54. The molecule has 214 valence electrons. The first kappa shape index (κ1) is 27.7. The second-order valence-electron chi connectivity index (χ2n) is 10.3. The van der Waals surface area contributed by atoms with E-state index in [0.717, 1.165) is 39.8 Å². The largest absolute Gasteiger partial charge is 0.346 e. The smallest absolute Gasteiger partial charge is 0.272 e. The van der Waals surface area contributed by atoms with Crippen molar-refractivity contribution < 1.29 is 9.59 Å². The van der Waals surface area contributed by atoms with Gasteiger partial charge in [0.05, 0.1) is 39.3 Å². The molecule has 42 heavy (non-hydrogen) atoms. The van der Waals surface area contributed by atoms with Crippen LogP contribution in [0.15, 0.2) is 67.3 Å². The minimum atomic E-state index is -0.313. The molecule has 2 amide bonds. The highest BCUT2D eigenvalue weighted by atomic mass is 35.5. The summed E-state index contributed by atoms with van der Waals surface area (Å²) in [6.07, 6.45) is 7.89. The molecular formula is C30H29ClN8O2S. The van der Waals surface area contributed by atoms with Gasteiger partial charge in [0.15, 0.2) is 5.82 Å². The molecule has 0 spiro atoms. The van der Waals surface area contributed by atoms with Crippen molar-refractivity contribution in [1.29, 1.82) is 0 Å². The van der Waals surface area contributed by atoms with Crippen molar-refractivity contribution in [3.63, 3.8) is 0 Å². The first-order valence-corrected chi connectivity index (χ1v) is 14.6. The number of amides is 2. The maximum absolute atomic E-state index is 13.6. The zero-order valence-electron chi connectivity index (χ0n) is 23.3. The Morgan fingerprint density at radius 1 is 1.07 bits per heavy atom. The number of nitrogens with one attached hydrogen (secondary N) is 3. The van der Waals surface area contributed by atoms with E-state index in [9.17, 15) is 9.59 Å². The van der Waals surface area contributed by atoms with Crippen molar-refractivity contribution in [3.05, 3.63) is 82.8 Å². The lowest BCUT2D eigenvalue weighted by atomic mass is 10.2. The first-order valence-electron chi connectivity index (χ1n) is 13.4. The Morgan fingerprint density at radius 3 is 2.64 bits per heavy atom. The summed E-state index contributed by atoms with van der Waals surface area (Å²) in [5.41, 5.74) is 4.05. The Kier molecular flexibility index (Phi) is 7.55. The lowest BCUT2D eigenvalue weighted by Crippen LogP contribution is -2.19. The summed E-state index contributed by atoms with van der Waals surface area (Å²) >= 11 is 7.88. The van der Waals surface area contributed by atoms with Crippen LogP contribution in [0.25, 0.3) is 32.6 Å². The fraction of sp³-hybridized carbons (Fsp3) is 0.200. The standard InChI is InChI=1S/C30H29ClN8O2S/c1-37(2)11-6-12-39-17-19(34-30(41)27-26(31)20-7-4-5-8-25(20)42-27)14-24(39)29(40)33-18-13-23(38(3)16-18)28-35-21-9-10-32-15-22(21)36-28/h4-5,7-10,13-17H,6,11-12H2,1-3H3,(H,33,40)(H,34,41)(H,35,36). The van der Waals surface area contributed by atoms with Crippen LogP contribution < -0.4 is 10.6 Å². The van der Waals surface area contributed by atoms with E-state index in [1.54, 1.807) is 24.7 Å². The van der Waals surface area contributed by atoms with Crippen molar-refractivity contribution in [2.75, 3.05) is 31.3 Å². The van der Waals surface area contributed by atoms with Crippen molar-refractivity contribution in [2.45, 2.75) is 13.0 Å². The van der Waals surface area contributed by atoms with Crippen molar-refractivity contribution in [3.8, 4) is 11.5 Å². The van der Waals surface area contributed by atoms with Crippen molar-refractivity contribution >= 4 is 67.2 Å². The Balaban J connectivity index is 1.24. The van der Waals surface area contributed by atoms with Crippen LogP contribution in [0.4, 0.5) is 11.4 Å². The number of nitrogens with zero attached hydrogens (tertiary/aromatic N) is 5. The predicted octanol–water partition coefficient (Wildman–Crippen LogP) is 6.09. The number of hydrogen-bond donors (Lipinski definition) is 3. The summed E-state index contributed by atoms with van der Waals surface area (Å²) < 4.78 is 4.71. The van der Waals surface area contributed by atoms with Gasteiger partial charge >= 0.3 is 0 Å². The van der Waals surface area contributed by atoms with Gasteiger partial charge in [-0.1, -0.05) is 29.8 Å². The van der Waals surface area contributed by atoms with Crippen molar-refractivity contribution in [2.24, 2.45) is 7.05 Å². The van der Waals surface area contributed by atoms with Crippen LogP contribution in [0.2, 0.25) is 5.02 Å². The number of aromatic nitrogens is 5. The molecule has 1 aromatic carbocycles. The number of fused-ring (bicyclic) bond motifs is 2. The van der Waals surface area contributed by atoms with Gasteiger partial charge in [0.1, 0.15) is 10.6 Å². The zero-order valence-corrected chi connectivity index (χ0v) is 24.9. The molecule has 0 fully saturated rings. The van der Waals surface area contributed by atoms with E-state index in [2.05, 4.69) is 30.5 Å². The van der Waals surface area contributed by atoms with Gasteiger partial charge in [-0.25, -0.2) is 4.98 Å². The van der Waals surface area contributed by atoms with Crippen LogP contribution in [0.5, 0.6) is 0 Å². The monoisotopic (exact) mass is 600 g/mol. The number of halogens is 1. The number of rotatable bonds is 9. The second kappa shape index (κ2) is 11.4. The van der Waals surface area contributed by atoms with Gasteiger partial charge in [-0.05, 0) is 51.3 Å². The van der Waals surface area contributed by atoms with E-state index in [1.165, 1.54) is 11.3 Å². The van der Waals surface area contributed by atoms with Crippen LogP contribution in [0.3, 0.4) is 0 Å². The lowest BCUT2D eigenvalue weighted by Gasteiger charge is -2.12. The summed E-state index contributed by atoms with van der Waals surface area (Å²) in [7, 11) is 5.91. The quantitative estimate of drug-likeness (QED) is 0.186. The highest BCUT2D eigenvalue weighted by molar-refractivity contribution is 7.21. The molecule has 5 heterocycles. The number of benzene rings is 1. The molecule has 10 nitrogen and oxygen atoms in total. The van der Waals surface area contributed by atoms with Gasteiger partial charge in [-0.2, -0.15) is 0 Å². The highest BCUT2D eigenvalue weighted by Gasteiger charge is 2.21. The number of pyridine rings is 1. The average molecular weight is 601 g/mol. The Bertz CT molecular complexity index is 1900. The fourth-order valence-electron chi connectivity index (χ4n) is 4.90. The third-order valence-electron chi connectivity index (χ3n) is 6.92. The number of H-pyrrole nitrogens is 1. The minimum Gasteiger partial charge on any atom is -0.346 e. The van der Waals surface area contributed by atoms with Crippen molar-refractivity contribution in [1.82, 2.24) is 29.0 Å². The van der Waals surface area contributed by atoms with E-state index < -0.39 is 0 Å². The van der Waals surface area contributed by atoms with Gasteiger partial charge < -0.3 is 29.7 Å². The zero-order chi connectivity index (χ0) is 29.4. The van der Waals surface area contributed by atoms with Crippen LogP contribution in [-0.4, -0.2) is 61.4 Å². The van der Waals surface area contributed by atoms with E-state index in [1.807, 2.05) is 72.9 Å². The number of thiophene rings is 1. The normalized spacial score (nSPS) is 11.5. The molecule has 5 aromatic heterocycles. The summed E-state index contributed by atoms with van der Waals surface area (Å²) in [6, 6.07) is 13.1. The molecule has 0 saturated carbocycles. The lowest BCUT2D eigenvalue weighted by molar-refractivity contribution is 0.101. The molecule has 0 atom stereocenters. The van der Waals surface area contributed by atoms with Crippen LogP contribution in [-0.2, 0) is 13.6 Å². The number of hydrogen-bond acceptors (Lipinski definition) is 6.